The van der Waals surface area contributed by atoms with E-state index < -0.39 is 0 Å². The van der Waals surface area contributed by atoms with Crippen LogP contribution in [-0.4, -0.2) is 14.7 Å². The molecule has 74 valence electrons. The van der Waals surface area contributed by atoms with Gasteiger partial charge in [-0.25, -0.2) is 4.98 Å². The zero-order chi connectivity index (χ0) is 10.1. The zero-order valence-corrected chi connectivity index (χ0v) is 8.07. The van der Waals surface area contributed by atoms with Crippen LogP contribution in [-0.2, 0) is 20.2 Å². The van der Waals surface area contributed by atoms with Gasteiger partial charge in [-0.15, -0.1) is 0 Å². The summed E-state index contributed by atoms with van der Waals surface area (Å²) < 4.78 is 1.88. The summed E-state index contributed by atoms with van der Waals surface area (Å²) in [4.78, 5) is 4.30. The Morgan fingerprint density at radius 1 is 1.50 bits per heavy atom. The van der Waals surface area contributed by atoms with E-state index >= 15 is 0 Å². The van der Waals surface area contributed by atoms with Gasteiger partial charge in [-0.05, 0) is 17.7 Å². The summed E-state index contributed by atoms with van der Waals surface area (Å²) in [5, 5.41) is 9.04. The first-order valence-corrected chi connectivity index (χ1v) is 4.51. The predicted molar refractivity (Wildman–Crippen MR) is 54.5 cm³/mol. The second-order valence-corrected chi connectivity index (χ2v) is 3.27. The molecule has 1 heterocycles. The predicted octanol–water partition coefficient (Wildman–Crippen LogP) is 0.524. The molecule has 14 heavy (non-hydrogen) atoms. The molecule has 0 amide bonds. The number of aryl methyl sites for hydroxylation is 1. The van der Waals surface area contributed by atoms with E-state index in [1.54, 1.807) is 0 Å². The maximum Gasteiger partial charge on any atom is 0.135 e. The lowest BCUT2D eigenvalue weighted by atomic mass is 10.2. The van der Waals surface area contributed by atoms with Crippen molar-refractivity contribution in [3.05, 3.63) is 29.6 Å². The third kappa shape index (κ3) is 1.29. The lowest BCUT2D eigenvalue weighted by molar-refractivity contribution is 0.268. The van der Waals surface area contributed by atoms with Gasteiger partial charge in [0, 0.05) is 13.6 Å². The maximum absolute atomic E-state index is 9.04. The van der Waals surface area contributed by atoms with Crippen molar-refractivity contribution in [2.45, 2.75) is 13.2 Å². The highest BCUT2D eigenvalue weighted by Crippen LogP contribution is 2.16. The van der Waals surface area contributed by atoms with E-state index in [9.17, 15) is 0 Å². The number of aliphatic hydroxyl groups is 1. The number of rotatable bonds is 2. The van der Waals surface area contributed by atoms with Crippen LogP contribution in [0, 0.1) is 0 Å². The van der Waals surface area contributed by atoms with Gasteiger partial charge in [0.15, 0.2) is 0 Å². The summed E-state index contributed by atoms with van der Waals surface area (Å²) in [6, 6.07) is 5.91. The molecule has 1 aromatic heterocycles. The molecule has 0 atom stereocenters. The summed E-state index contributed by atoms with van der Waals surface area (Å²) in [5.41, 5.74) is 8.50. The molecule has 0 aliphatic rings. The van der Waals surface area contributed by atoms with Crippen molar-refractivity contribution in [2.75, 3.05) is 0 Å². The van der Waals surface area contributed by atoms with Crippen molar-refractivity contribution in [1.29, 1.82) is 0 Å². The molecule has 4 nitrogen and oxygen atoms in total. The Balaban J connectivity index is 2.66. The first kappa shape index (κ1) is 9.18. The average molecular weight is 191 g/mol. The molecular formula is C10H13N3O. The van der Waals surface area contributed by atoms with Gasteiger partial charge in [0.25, 0.3) is 0 Å². The third-order valence-electron chi connectivity index (χ3n) is 2.41. The van der Waals surface area contributed by atoms with Crippen LogP contribution in [0.2, 0.25) is 0 Å². The van der Waals surface area contributed by atoms with Crippen molar-refractivity contribution in [1.82, 2.24) is 9.55 Å². The van der Waals surface area contributed by atoms with Gasteiger partial charge >= 0.3 is 0 Å². The molecule has 0 bridgehead atoms. The van der Waals surface area contributed by atoms with E-state index in [-0.39, 0.29) is 6.61 Å². The number of hydrogen-bond donors (Lipinski definition) is 2. The molecule has 0 aliphatic heterocycles. The molecule has 0 unspecified atom stereocenters. The maximum atomic E-state index is 9.04. The molecular weight excluding hydrogens is 178 g/mol. The minimum absolute atomic E-state index is 0.0386. The van der Waals surface area contributed by atoms with Gasteiger partial charge in [-0.2, -0.15) is 0 Å². The number of benzene rings is 1. The van der Waals surface area contributed by atoms with Crippen molar-refractivity contribution in [2.24, 2.45) is 12.8 Å². The topological polar surface area (TPSA) is 64.1 Å². The Morgan fingerprint density at radius 2 is 2.29 bits per heavy atom. The molecule has 0 radical (unpaired) electrons. The van der Waals surface area contributed by atoms with E-state index in [0.717, 1.165) is 16.6 Å². The molecule has 0 fully saturated rings. The van der Waals surface area contributed by atoms with Crippen LogP contribution in [0.4, 0.5) is 0 Å². The standard InChI is InChI=1S/C10H13N3O/c1-13-9-3-2-7(5-11)4-8(9)12-10(13)6-14/h2-4,14H,5-6,11H2,1H3. The van der Waals surface area contributed by atoms with Crippen molar-refractivity contribution in [3.8, 4) is 0 Å². The van der Waals surface area contributed by atoms with E-state index in [1.165, 1.54) is 0 Å². The Morgan fingerprint density at radius 3 is 2.93 bits per heavy atom. The number of aliphatic hydroxyl groups excluding tert-OH is 1. The van der Waals surface area contributed by atoms with E-state index in [1.807, 2.05) is 29.8 Å². The minimum Gasteiger partial charge on any atom is -0.388 e. The summed E-state index contributed by atoms with van der Waals surface area (Å²) in [6.07, 6.45) is 0. The normalized spacial score (nSPS) is 11.1. The van der Waals surface area contributed by atoms with Crippen LogP contribution >= 0.6 is 0 Å². The molecule has 0 saturated carbocycles. The van der Waals surface area contributed by atoms with Crippen LogP contribution < -0.4 is 5.73 Å². The van der Waals surface area contributed by atoms with Crippen LogP contribution in [0.25, 0.3) is 11.0 Å². The average Bonchev–Trinajstić information content (AvgIpc) is 2.55. The third-order valence-corrected chi connectivity index (χ3v) is 2.41. The monoisotopic (exact) mass is 191 g/mol. The quantitative estimate of drug-likeness (QED) is 0.727. The van der Waals surface area contributed by atoms with Gasteiger partial charge in [0.2, 0.25) is 0 Å². The van der Waals surface area contributed by atoms with Crippen LogP contribution in [0.5, 0.6) is 0 Å². The SMILES string of the molecule is Cn1c(CO)nc2cc(CN)ccc21. The summed E-state index contributed by atoms with van der Waals surface area (Å²) in [7, 11) is 1.89. The second kappa shape index (κ2) is 3.40. The zero-order valence-electron chi connectivity index (χ0n) is 8.07. The van der Waals surface area contributed by atoms with Gasteiger partial charge in [-0.3, -0.25) is 0 Å². The fourth-order valence-corrected chi connectivity index (χ4v) is 1.56. The van der Waals surface area contributed by atoms with Crippen molar-refractivity contribution in [3.63, 3.8) is 0 Å². The molecule has 0 aliphatic carbocycles. The highest BCUT2D eigenvalue weighted by Gasteiger charge is 2.06. The Kier molecular flexibility index (Phi) is 2.23. The second-order valence-electron chi connectivity index (χ2n) is 3.27. The van der Waals surface area contributed by atoms with Crippen molar-refractivity contribution >= 4 is 11.0 Å². The molecule has 3 N–H and O–H groups in total. The number of hydrogen-bond acceptors (Lipinski definition) is 3. The Labute approximate surface area is 82.0 Å². The number of nitrogens with two attached hydrogens (primary N) is 1. The number of nitrogens with zero attached hydrogens (tertiary/aromatic N) is 2. The van der Waals surface area contributed by atoms with Crippen molar-refractivity contribution < 1.29 is 5.11 Å². The summed E-state index contributed by atoms with van der Waals surface area (Å²) >= 11 is 0. The van der Waals surface area contributed by atoms with E-state index in [0.29, 0.717) is 12.4 Å². The first-order valence-electron chi connectivity index (χ1n) is 4.51. The Bertz CT molecular complexity index is 462. The van der Waals surface area contributed by atoms with Gasteiger partial charge in [0.1, 0.15) is 12.4 Å². The van der Waals surface area contributed by atoms with Crippen LogP contribution in [0.3, 0.4) is 0 Å². The van der Waals surface area contributed by atoms with E-state index in [2.05, 4.69) is 4.98 Å². The highest BCUT2D eigenvalue weighted by molar-refractivity contribution is 5.76. The molecule has 2 rings (SSSR count). The van der Waals surface area contributed by atoms with Crippen LogP contribution in [0.15, 0.2) is 18.2 Å². The molecule has 4 heteroatoms. The van der Waals surface area contributed by atoms with Gasteiger partial charge in [0.05, 0.1) is 11.0 Å². The van der Waals surface area contributed by atoms with Crippen LogP contribution in [0.1, 0.15) is 11.4 Å². The molecule has 0 saturated heterocycles. The Hall–Kier alpha value is -1.39. The summed E-state index contributed by atoms with van der Waals surface area (Å²) in [6.45, 7) is 0.476. The van der Waals surface area contributed by atoms with Gasteiger partial charge < -0.3 is 15.4 Å². The van der Waals surface area contributed by atoms with Gasteiger partial charge in [-0.1, -0.05) is 6.07 Å². The highest BCUT2D eigenvalue weighted by atomic mass is 16.3. The van der Waals surface area contributed by atoms with E-state index in [4.69, 9.17) is 10.8 Å². The summed E-state index contributed by atoms with van der Waals surface area (Å²) in [5.74, 6) is 0.675. The number of imidazole rings is 1. The smallest absolute Gasteiger partial charge is 0.135 e. The fraction of sp³-hybridized carbons (Fsp3) is 0.300. The lowest BCUT2D eigenvalue weighted by Crippen LogP contribution is -1.97. The largest absolute Gasteiger partial charge is 0.388 e. The lowest BCUT2D eigenvalue weighted by Gasteiger charge is -1.98. The first-order chi connectivity index (χ1) is 6.76. The number of aromatic nitrogens is 2. The minimum atomic E-state index is -0.0386. The number of fused-ring (bicyclic) bond motifs is 1. The molecule has 1 aromatic carbocycles. The fourth-order valence-electron chi connectivity index (χ4n) is 1.56. The molecule has 2 aromatic rings. The molecule has 0 spiro atoms.